The standard InChI is InChI=1S/C12H16BrN3O2S/c1-3-14-12(19)16-15-7-8-5-9(13)6-10(11(8)17)18-4-2/h5-7,17H,3-4H2,1-2H3,(H2,14,16,19)/b15-7+. The maximum absolute atomic E-state index is 10.00. The molecule has 0 aliphatic carbocycles. The van der Waals surface area contributed by atoms with E-state index in [1.165, 1.54) is 6.21 Å². The van der Waals surface area contributed by atoms with Gasteiger partial charge in [0.15, 0.2) is 16.6 Å². The summed E-state index contributed by atoms with van der Waals surface area (Å²) < 4.78 is 6.12. The van der Waals surface area contributed by atoms with Gasteiger partial charge in [0, 0.05) is 16.6 Å². The van der Waals surface area contributed by atoms with Crippen molar-refractivity contribution >= 4 is 39.5 Å². The largest absolute Gasteiger partial charge is 0.504 e. The van der Waals surface area contributed by atoms with Crippen LogP contribution in [0.5, 0.6) is 11.5 Å². The molecule has 5 nitrogen and oxygen atoms in total. The Kier molecular flexibility index (Phi) is 6.58. The van der Waals surface area contributed by atoms with E-state index in [1.54, 1.807) is 12.1 Å². The molecule has 0 radical (unpaired) electrons. The Bertz CT molecular complexity index is 480. The smallest absolute Gasteiger partial charge is 0.186 e. The van der Waals surface area contributed by atoms with Crippen LogP contribution in [0.25, 0.3) is 0 Å². The van der Waals surface area contributed by atoms with Crippen LogP contribution in [0.15, 0.2) is 21.7 Å². The molecule has 0 aliphatic rings. The fraction of sp³-hybridized carbons (Fsp3) is 0.333. The molecule has 0 saturated carbocycles. The maximum atomic E-state index is 10.00. The summed E-state index contributed by atoms with van der Waals surface area (Å²) in [4.78, 5) is 0. The number of nitrogens with one attached hydrogen (secondary N) is 2. The zero-order chi connectivity index (χ0) is 14.3. The predicted octanol–water partition coefficient (Wildman–Crippen LogP) is 2.37. The van der Waals surface area contributed by atoms with Crippen molar-refractivity contribution in [2.45, 2.75) is 13.8 Å². The quantitative estimate of drug-likeness (QED) is 0.434. The number of nitrogens with zero attached hydrogens (tertiary/aromatic N) is 1. The highest BCUT2D eigenvalue weighted by molar-refractivity contribution is 9.10. The minimum absolute atomic E-state index is 0.0463. The number of hydrazone groups is 1. The van der Waals surface area contributed by atoms with Crippen molar-refractivity contribution in [2.75, 3.05) is 13.2 Å². The van der Waals surface area contributed by atoms with Gasteiger partial charge in [-0.15, -0.1) is 0 Å². The summed E-state index contributed by atoms with van der Waals surface area (Å²) in [6.45, 7) is 4.98. The number of thiocarbonyl (C=S) groups is 1. The van der Waals surface area contributed by atoms with Crippen molar-refractivity contribution in [1.82, 2.24) is 10.7 Å². The molecule has 0 saturated heterocycles. The van der Waals surface area contributed by atoms with Crippen molar-refractivity contribution in [3.8, 4) is 11.5 Å². The molecule has 0 spiro atoms. The van der Waals surface area contributed by atoms with Gasteiger partial charge in [0.1, 0.15) is 0 Å². The van der Waals surface area contributed by atoms with Gasteiger partial charge < -0.3 is 15.2 Å². The third-order valence-corrected chi connectivity index (χ3v) is 2.77. The van der Waals surface area contributed by atoms with Crippen LogP contribution in [0.1, 0.15) is 19.4 Å². The Morgan fingerprint density at radius 1 is 1.53 bits per heavy atom. The molecule has 1 rings (SSSR count). The first kappa shape index (κ1) is 15.7. The van der Waals surface area contributed by atoms with Crippen LogP contribution in [0, 0.1) is 0 Å². The Morgan fingerprint density at radius 3 is 2.89 bits per heavy atom. The Labute approximate surface area is 126 Å². The molecule has 0 heterocycles. The first-order valence-electron chi connectivity index (χ1n) is 5.80. The number of hydrogen-bond donors (Lipinski definition) is 3. The summed E-state index contributed by atoms with van der Waals surface area (Å²) in [5.74, 6) is 0.456. The van der Waals surface area contributed by atoms with E-state index >= 15 is 0 Å². The lowest BCUT2D eigenvalue weighted by atomic mass is 10.2. The second-order valence-electron chi connectivity index (χ2n) is 3.50. The van der Waals surface area contributed by atoms with Gasteiger partial charge in [-0.25, -0.2) is 0 Å². The van der Waals surface area contributed by atoms with Crippen molar-refractivity contribution in [2.24, 2.45) is 5.10 Å². The maximum Gasteiger partial charge on any atom is 0.186 e. The van der Waals surface area contributed by atoms with E-state index in [2.05, 4.69) is 31.8 Å². The summed E-state index contributed by atoms with van der Waals surface area (Å²) in [6.07, 6.45) is 1.48. The molecule has 0 fully saturated rings. The SMILES string of the molecule is CCNC(=S)N/N=C/c1cc(Br)cc(OCC)c1O. The summed E-state index contributed by atoms with van der Waals surface area (Å²) >= 11 is 8.31. The zero-order valence-electron chi connectivity index (χ0n) is 10.7. The fourth-order valence-corrected chi connectivity index (χ4v) is 1.97. The van der Waals surface area contributed by atoms with E-state index in [9.17, 15) is 5.11 Å². The number of phenolic OH excluding ortho intramolecular Hbond substituents is 1. The lowest BCUT2D eigenvalue weighted by molar-refractivity contribution is 0.317. The molecule has 0 unspecified atom stereocenters. The van der Waals surface area contributed by atoms with Crippen LogP contribution in [-0.2, 0) is 0 Å². The number of halogens is 1. The molecule has 0 bridgehead atoms. The number of hydrogen-bond acceptors (Lipinski definition) is 4. The first-order chi connectivity index (χ1) is 9.08. The summed E-state index contributed by atoms with van der Waals surface area (Å²) in [6, 6.07) is 3.44. The molecule has 1 aromatic carbocycles. The zero-order valence-corrected chi connectivity index (χ0v) is 13.1. The van der Waals surface area contributed by atoms with Crippen LogP contribution in [0.3, 0.4) is 0 Å². The fourth-order valence-electron chi connectivity index (χ4n) is 1.32. The van der Waals surface area contributed by atoms with Gasteiger partial charge in [0.25, 0.3) is 0 Å². The Morgan fingerprint density at radius 2 is 2.26 bits per heavy atom. The van der Waals surface area contributed by atoms with Crippen molar-refractivity contribution in [3.63, 3.8) is 0 Å². The van der Waals surface area contributed by atoms with Crippen LogP contribution < -0.4 is 15.5 Å². The molecule has 7 heteroatoms. The molecular weight excluding hydrogens is 330 g/mol. The predicted molar refractivity (Wildman–Crippen MR) is 84.0 cm³/mol. The van der Waals surface area contributed by atoms with Crippen LogP contribution >= 0.6 is 28.1 Å². The second-order valence-corrected chi connectivity index (χ2v) is 4.83. The van der Waals surface area contributed by atoms with Gasteiger partial charge in [-0.05, 0) is 38.2 Å². The third kappa shape index (κ3) is 5.04. The van der Waals surface area contributed by atoms with E-state index in [0.29, 0.717) is 23.0 Å². The highest BCUT2D eigenvalue weighted by Crippen LogP contribution is 2.32. The van der Waals surface area contributed by atoms with Crippen LogP contribution in [-0.4, -0.2) is 29.6 Å². The molecule has 0 atom stereocenters. The monoisotopic (exact) mass is 345 g/mol. The minimum atomic E-state index is 0.0463. The van der Waals surface area contributed by atoms with Gasteiger partial charge >= 0.3 is 0 Å². The van der Waals surface area contributed by atoms with E-state index in [-0.39, 0.29) is 5.75 Å². The normalized spacial score (nSPS) is 10.5. The summed E-state index contributed by atoms with van der Waals surface area (Å²) in [7, 11) is 0. The van der Waals surface area contributed by atoms with E-state index in [4.69, 9.17) is 17.0 Å². The Hall–Kier alpha value is -1.34. The number of phenols is 1. The van der Waals surface area contributed by atoms with Crippen molar-refractivity contribution < 1.29 is 9.84 Å². The van der Waals surface area contributed by atoms with Crippen molar-refractivity contribution in [1.29, 1.82) is 0 Å². The molecular formula is C12H16BrN3O2S. The van der Waals surface area contributed by atoms with Gasteiger partial charge in [0.2, 0.25) is 0 Å². The topological polar surface area (TPSA) is 65.9 Å². The molecule has 104 valence electrons. The average Bonchev–Trinajstić information content (AvgIpc) is 2.35. The molecule has 3 N–H and O–H groups in total. The minimum Gasteiger partial charge on any atom is -0.504 e. The Balaban J connectivity index is 2.82. The van der Waals surface area contributed by atoms with Crippen LogP contribution in [0.2, 0.25) is 0 Å². The summed E-state index contributed by atoms with van der Waals surface area (Å²) in [5.41, 5.74) is 3.18. The number of benzene rings is 1. The summed E-state index contributed by atoms with van der Waals surface area (Å²) in [5, 5.41) is 17.3. The van der Waals surface area contributed by atoms with Gasteiger partial charge in [-0.2, -0.15) is 5.10 Å². The van der Waals surface area contributed by atoms with Gasteiger partial charge in [-0.1, -0.05) is 15.9 Å². The second kappa shape index (κ2) is 7.96. The molecule has 0 aliphatic heterocycles. The highest BCUT2D eigenvalue weighted by Gasteiger charge is 2.08. The van der Waals surface area contributed by atoms with Crippen molar-refractivity contribution in [3.05, 3.63) is 22.2 Å². The molecule has 0 aromatic heterocycles. The lowest BCUT2D eigenvalue weighted by Crippen LogP contribution is -2.31. The number of rotatable bonds is 5. The van der Waals surface area contributed by atoms with Crippen LogP contribution in [0.4, 0.5) is 0 Å². The molecule has 1 aromatic rings. The third-order valence-electron chi connectivity index (χ3n) is 2.08. The highest BCUT2D eigenvalue weighted by atomic mass is 79.9. The van der Waals surface area contributed by atoms with E-state index in [1.807, 2.05) is 13.8 Å². The first-order valence-corrected chi connectivity index (χ1v) is 7.00. The molecule has 0 amide bonds. The van der Waals surface area contributed by atoms with E-state index < -0.39 is 0 Å². The average molecular weight is 346 g/mol. The number of ether oxygens (including phenoxy) is 1. The molecule has 19 heavy (non-hydrogen) atoms. The van der Waals surface area contributed by atoms with Gasteiger partial charge in [0.05, 0.1) is 12.8 Å². The lowest BCUT2D eigenvalue weighted by Gasteiger charge is -2.09. The van der Waals surface area contributed by atoms with Gasteiger partial charge in [-0.3, -0.25) is 5.43 Å². The number of aromatic hydroxyl groups is 1. The van der Waals surface area contributed by atoms with E-state index in [0.717, 1.165) is 11.0 Å².